The molecule has 0 radical (unpaired) electrons. The second-order valence-electron chi connectivity index (χ2n) is 5.81. The van der Waals surface area contributed by atoms with Crippen LogP contribution < -0.4 is 0 Å². The van der Waals surface area contributed by atoms with Crippen molar-refractivity contribution < 1.29 is 0 Å². The largest absolute Gasteiger partial charge is 0.103 e. The van der Waals surface area contributed by atoms with Crippen LogP contribution in [-0.2, 0) is 6.42 Å². The molecule has 0 nitrogen and oxygen atoms in total. The van der Waals surface area contributed by atoms with Gasteiger partial charge in [0.1, 0.15) is 0 Å². The summed E-state index contributed by atoms with van der Waals surface area (Å²) in [5.41, 5.74) is 1.46. The van der Waals surface area contributed by atoms with E-state index in [1.54, 1.807) is 0 Å². The Morgan fingerprint density at radius 1 is 1.00 bits per heavy atom. The van der Waals surface area contributed by atoms with E-state index in [-0.39, 0.29) is 0 Å². The first-order valence-corrected chi connectivity index (χ1v) is 7.22. The minimum atomic E-state index is 0.610. The van der Waals surface area contributed by atoms with Crippen LogP contribution in [0.15, 0.2) is 43.0 Å². The average molecular weight is 244 g/mol. The first-order valence-electron chi connectivity index (χ1n) is 7.22. The molecular weight excluding hydrogens is 216 g/mol. The van der Waals surface area contributed by atoms with Gasteiger partial charge < -0.3 is 0 Å². The Bertz CT molecular complexity index is 338. The molecular formula is C18H28. The van der Waals surface area contributed by atoms with Crippen LogP contribution in [0.5, 0.6) is 0 Å². The Morgan fingerprint density at radius 2 is 1.61 bits per heavy atom. The minimum absolute atomic E-state index is 0.610. The number of aryl methyl sites for hydroxylation is 1. The second-order valence-corrected chi connectivity index (χ2v) is 5.81. The molecule has 0 aromatic heterocycles. The summed E-state index contributed by atoms with van der Waals surface area (Å²) in [6.07, 6.45) is 4.56. The summed E-state index contributed by atoms with van der Waals surface area (Å²) in [6.45, 7) is 13.3. The van der Waals surface area contributed by atoms with Crippen molar-refractivity contribution in [1.82, 2.24) is 0 Å². The molecule has 4 atom stereocenters. The normalized spacial score (nSPS) is 17.8. The van der Waals surface area contributed by atoms with E-state index < -0.39 is 0 Å². The Hall–Kier alpha value is -1.04. The molecule has 0 heteroatoms. The van der Waals surface area contributed by atoms with Crippen LogP contribution >= 0.6 is 0 Å². The lowest BCUT2D eigenvalue weighted by Gasteiger charge is -2.29. The lowest BCUT2D eigenvalue weighted by atomic mass is 9.76. The molecule has 0 unspecified atom stereocenters. The first kappa shape index (κ1) is 15.0. The molecule has 0 spiro atoms. The smallest absolute Gasteiger partial charge is 0.0236 e. The van der Waals surface area contributed by atoms with Gasteiger partial charge in [0.25, 0.3) is 0 Å². The van der Waals surface area contributed by atoms with Gasteiger partial charge >= 0.3 is 0 Å². The predicted octanol–water partition coefficient (Wildman–Crippen LogP) is 5.35. The summed E-state index contributed by atoms with van der Waals surface area (Å²) in [4.78, 5) is 0. The summed E-state index contributed by atoms with van der Waals surface area (Å²) in [6, 6.07) is 10.8. The average Bonchev–Trinajstić information content (AvgIpc) is 2.43. The van der Waals surface area contributed by atoms with Gasteiger partial charge in [-0.15, -0.1) is 6.58 Å². The van der Waals surface area contributed by atoms with Crippen LogP contribution in [0.4, 0.5) is 0 Å². The SMILES string of the molecule is C=C[C@H](C)[C@H](C)[C@H](C)[C@@H](C)CCc1ccccc1. The van der Waals surface area contributed by atoms with Crippen molar-refractivity contribution in [3.63, 3.8) is 0 Å². The zero-order valence-corrected chi connectivity index (χ0v) is 12.4. The molecule has 100 valence electrons. The van der Waals surface area contributed by atoms with Crippen LogP contribution in [0.3, 0.4) is 0 Å². The van der Waals surface area contributed by atoms with Crippen molar-refractivity contribution in [3.8, 4) is 0 Å². The molecule has 0 aliphatic carbocycles. The number of allylic oxidation sites excluding steroid dienone is 1. The van der Waals surface area contributed by atoms with Gasteiger partial charge in [-0.25, -0.2) is 0 Å². The summed E-state index contributed by atoms with van der Waals surface area (Å²) in [7, 11) is 0. The summed E-state index contributed by atoms with van der Waals surface area (Å²) in [5.74, 6) is 2.84. The lowest BCUT2D eigenvalue weighted by molar-refractivity contribution is 0.228. The van der Waals surface area contributed by atoms with Crippen molar-refractivity contribution in [2.45, 2.75) is 40.5 Å². The Kier molecular flexibility index (Phi) is 6.18. The molecule has 0 bridgehead atoms. The monoisotopic (exact) mass is 244 g/mol. The molecule has 0 aliphatic heterocycles. The van der Waals surface area contributed by atoms with Gasteiger partial charge in [-0.05, 0) is 42.1 Å². The van der Waals surface area contributed by atoms with E-state index in [9.17, 15) is 0 Å². The van der Waals surface area contributed by atoms with Crippen molar-refractivity contribution in [2.24, 2.45) is 23.7 Å². The third-order valence-electron chi connectivity index (χ3n) is 4.66. The van der Waals surface area contributed by atoms with Gasteiger partial charge in [0.2, 0.25) is 0 Å². The van der Waals surface area contributed by atoms with Gasteiger partial charge in [-0.3, -0.25) is 0 Å². The molecule has 0 amide bonds. The molecule has 0 saturated carbocycles. The second kappa shape index (κ2) is 7.41. The molecule has 0 saturated heterocycles. The fourth-order valence-corrected chi connectivity index (χ4v) is 2.51. The van der Waals surface area contributed by atoms with Crippen molar-refractivity contribution >= 4 is 0 Å². The van der Waals surface area contributed by atoms with E-state index in [1.165, 1.54) is 18.4 Å². The van der Waals surface area contributed by atoms with E-state index in [2.05, 4.69) is 70.7 Å². The molecule has 1 aromatic carbocycles. The Morgan fingerprint density at radius 3 is 2.17 bits per heavy atom. The Labute approximate surface area is 113 Å². The standard InChI is InChI=1S/C18H28/c1-6-14(2)16(4)17(5)15(3)12-13-18-10-8-7-9-11-18/h6-11,14-17H,1,12-13H2,2-5H3/t14-,15-,16-,17+/m0/s1. The zero-order valence-electron chi connectivity index (χ0n) is 12.4. The fraction of sp³-hybridized carbons (Fsp3) is 0.556. The highest BCUT2D eigenvalue weighted by atomic mass is 14.3. The summed E-state index contributed by atoms with van der Waals surface area (Å²) >= 11 is 0. The maximum atomic E-state index is 3.92. The van der Waals surface area contributed by atoms with Crippen LogP contribution in [-0.4, -0.2) is 0 Å². The van der Waals surface area contributed by atoms with E-state index >= 15 is 0 Å². The fourth-order valence-electron chi connectivity index (χ4n) is 2.51. The van der Waals surface area contributed by atoms with Crippen LogP contribution in [0.1, 0.15) is 39.7 Å². The third-order valence-corrected chi connectivity index (χ3v) is 4.66. The zero-order chi connectivity index (χ0) is 13.5. The van der Waals surface area contributed by atoms with E-state index in [0.717, 1.165) is 11.8 Å². The van der Waals surface area contributed by atoms with E-state index in [0.29, 0.717) is 11.8 Å². The molecule has 0 aliphatic rings. The number of hydrogen-bond acceptors (Lipinski definition) is 0. The van der Waals surface area contributed by atoms with Crippen LogP contribution in [0.25, 0.3) is 0 Å². The Balaban J connectivity index is 2.45. The molecule has 18 heavy (non-hydrogen) atoms. The van der Waals surface area contributed by atoms with Crippen molar-refractivity contribution in [3.05, 3.63) is 48.6 Å². The van der Waals surface area contributed by atoms with Crippen LogP contribution in [0, 0.1) is 23.7 Å². The molecule has 1 rings (SSSR count). The maximum absolute atomic E-state index is 3.92. The number of hydrogen-bond donors (Lipinski definition) is 0. The highest BCUT2D eigenvalue weighted by Crippen LogP contribution is 2.29. The lowest BCUT2D eigenvalue weighted by Crippen LogP contribution is -2.21. The maximum Gasteiger partial charge on any atom is -0.0236 e. The number of rotatable bonds is 7. The van der Waals surface area contributed by atoms with Crippen molar-refractivity contribution in [1.29, 1.82) is 0 Å². The molecule has 0 N–H and O–H groups in total. The highest BCUT2D eigenvalue weighted by molar-refractivity contribution is 5.14. The van der Waals surface area contributed by atoms with Gasteiger partial charge in [-0.1, -0.05) is 64.1 Å². The van der Waals surface area contributed by atoms with Gasteiger partial charge in [-0.2, -0.15) is 0 Å². The van der Waals surface area contributed by atoms with E-state index in [4.69, 9.17) is 0 Å². The predicted molar refractivity (Wildman–Crippen MR) is 81.6 cm³/mol. The number of benzene rings is 1. The highest BCUT2D eigenvalue weighted by Gasteiger charge is 2.21. The van der Waals surface area contributed by atoms with Gasteiger partial charge in [0.05, 0.1) is 0 Å². The molecule has 0 fully saturated rings. The van der Waals surface area contributed by atoms with Crippen LogP contribution in [0.2, 0.25) is 0 Å². The quantitative estimate of drug-likeness (QED) is 0.567. The minimum Gasteiger partial charge on any atom is -0.103 e. The van der Waals surface area contributed by atoms with Gasteiger partial charge in [0.15, 0.2) is 0 Å². The van der Waals surface area contributed by atoms with Gasteiger partial charge in [0, 0.05) is 0 Å². The topological polar surface area (TPSA) is 0 Å². The third kappa shape index (κ3) is 4.33. The van der Waals surface area contributed by atoms with Crippen molar-refractivity contribution in [2.75, 3.05) is 0 Å². The molecule has 1 aromatic rings. The molecule has 0 heterocycles. The summed E-state index contributed by atoms with van der Waals surface area (Å²) < 4.78 is 0. The summed E-state index contributed by atoms with van der Waals surface area (Å²) in [5, 5.41) is 0. The van der Waals surface area contributed by atoms with E-state index in [1.807, 2.05) is 0 Å². The first-order chi connectivity index (χ1) is 8.56.